The van der Waals surface area contributed by atoms with Crippen LogP contribution in [0.3, 0.4) is 0 Å². The fourth-order valence-corrected chi connectivity index (χ4v) is 2.82. The summed E-state index contributed by atoms with van der Waals surface area (Å²) in [6.07, 6.45) is 6.69. The molecule has 1 heterocycles. The van der Waals surface area contributed by atoms with Crippen molar-refractivity contribution >= 4 is 17.5 Å². The molecule has 1 saturated carbocycles. The summed E-state index contributed by atoms with van der Waals surface area (Å²) in [6.45, 7) is 2.95. The zero-order chi connectivity index (χ0) is 14.5. The molecule has 1 aliphatic carbocycles. The highest BCUT2D eigenvalue weighted by atomic mass is 15.3. The summed E-state index contributed by atoms with van der Waals surface area (Å²) in [5, 5.41) is 11.6. The van der Waals surface area contributed by atoms with Crippen molar-refractivity contribution in [2.45, 2.75) is 38.6 Å². The van der Waals surface area contributed by atoms with Crippen molar-refractivity contribution in [1.29, 1.82) is 0 Å². The van der Waals surface area contributed by atoms with E-state index in [1.807, 2.05) is 18.2 Å². The molecule has 110 valence electrons. The lowest BCUT2D eigenvalue weighted by molar-refractivity contribution is 0.736. The predicted molar refractivity (Wildman–Crippen MR) is 84.8 cm³/mol. The highest BCUT2D eigenvalue weighted by Gasteiger charge is 2.17. The third kappa shape index (κ3) is 3.29. The Morgan fingerprint density at radius 3 is 2.67 bits per heavy atom. The molecule has 0 amide bonds. The van der Waals surface area contributed by atoms with Crippen LogP contribution in [0.1, 0.15) is 32.6 Å². The van der Waals surface area contributed by atoms with Gasteiger partial charge >= 0.3 is 0 Å². The standard InChI is InChI=1S/C16H21N5/c1-2-21(14-10-4-3-5-11-14)15-12-17-20-16(19-15)18-13-8-6-7-9-13/h3-5,10-13H,2,6-9H2,1H3,(H,18,19,20). The average molecular weight is 283 g/mol. The summed E-state index contributed by atoms with van der Waals surface area (Å²) in [4.78, 5) is 6.76. The van der Waals surface area contributed by atoms with Crippen LogP contribution in [0.2, 0.25) is 0 Å². The molecule has 3 rings (SSSR count). The average Bonchev–Trinajstić information content (AvgIpc) is 3.02. The van der Waals surface area contributed by atoms with E-state index in [1.54, 1.807) is 6.20 Å². The maximum absolute atomic E-state index is 4.62. The van der Waals surface area contributed by atoms with Gasteiger partial charge in [-0.1, -0.05) is 31.0 Å². The van der Waals surface area contributed by atoms with Crippen molar-refractivity contribution in [2.24, 2.45) is 0 Å². The molecular weight excluding hydrogens is 262 g/mol. The first kappa shape index (κ1) is 13.8. The quantitative estimate of drug-likeness (QED) is 0.911. The summed E-state index contributed by atoms with van der Waals surface area (Å²) in [6, 6.07) is 10.7. The molecular formula is C16H21N5. The normalized spacial score (nSPS) is 15.1. The topological polar surface area (TPSA) is 53.9 Å². The molecule has 1 fully saturated rings. The predicted octanol–water partition coefficient (Wildman–Crippen LogP) is 3.38. The zero-order valence-corrected chi connectivity index (χ0v) is 12.4. The van der Waals surface area contributed by atoms with Gasteiger partial charge in [0.2, 0.25) is 5.95 Å². The second-order valence-electron chi connectivity index (χ2n) is 5.34. The highest BCUT2D eigenvalue weighted by molar-refractivity contribution is 5.59. The van der Waals surface area contributed by atoms with Gasteiger partial charge < -0.3 is 10.2 Å². The SMILES string of the molecule is CCN(c1ccccc1)c1cnnc(NC2CCCC2)n1. The second-order valence-corrected chi connectivity index (χ2v) is 5.34. The molecule has 5 heteroatoms. The molecule has 1 aromatic carbocycles. The molecule has 5 nitrogen and oxygen atoms in total. The number of nitrogens with one attached hydrogen (secondary N) is 1. The maximum Gasteiger partial charge on any atom is 0.244 e. The Morgan fingerprint density at radius 2 is 1.95 bits per heavy atom. The molecule has 0 bridgehead atoms. The molecule has 0 atom stereocenters. The van der Waals surface area contributed by atoms with Crippen LogP contribution in [0.4, 0.5) is 17.5 Å². The first-order valence-corrected chi connectivity index (χ1v) is 7.65. The van der Waals surface area contributed by atoms with Crippen molar-refractivity contribution in [1.82, 2.24) is 15.2 Å². The van der Waals surface area contributed by atoms with Crippen LogP contribution in [-0.2, 0) is 0 Å². The van der Waals surface area contributed by atoms with E-state index in [4.69, 9.17) is 0 Å². The molecule has 0 spiro atoms. The molecule has 1 aliphatic rings. The number of anilines is 3. The number of hydrogen-bond acceptors (Lipinski definition) is 5. The lowest BCUT2D eigenvalue weighted by Crippen LogP contribution is -2.21. The summed E-state index contributed by atoms with van der Waals surface area (Å²) >= 11 is 0. The minimum Gasteiger partial charge on any atom is -0.350 e. The monoisotopic (exact) mass is 283 g/mol. The van der Waals surface area contributed by atoms with Crippen molar-refractivity contribution < 1.29 is 0 Å². The Kier molecular flexibility index (Phi) is 4.28. The van der Waals surface area contributed by atoms with Crippen LogP contribution in [-0.4, -0.2) is 27.8 Å². The number of aromatic nitrogens is 3. The summed E-state index contributed by atoms with van der Waals surface area (Å²) < 4.78 is 0. The third-order valence-electron chi connectivity index (χ3n) is 3.90. The maximum atomic E-state index is 4.62. The molecule has 0 aliphatic heterocycles. The Balaban J connectivity index is 1.80. The summed E-state index contributed by atoms with van der Waals surface area (Å²) in [5.41, 5.74) is 1.12. The molecule has 0 unspecified atom stereocenters. The molecule has 0 saturated heterocycles. The smallest absolute Gasteiger partial charge is 0.244 e. The van der Waals surface area contributed by atoms with Gasteiger partial charge in [0.05, 0.1) is 6.20 Å². The zero-order valence-electron chi connectivity index (χ0n) is 12.4. The lowest BCUT2D eigenvalue weighted by Gasteiger charge is -2.22. The second kappa shape index (κ2) is 6.52. The van der Waals surface area contributed by atoms with Crippen LogP contribution < -0.4 is 10.2 Å². The van der Waals surface area contributed by atoms with Gasteiger partial charge in [-0.2, -0.15) is 10.1 Å². The fourth-order valence-electron chi connectivity index (χ4n) is 2.82. The van der Waals surface area contributed by atoms with Crippen molar-refractivity contribution in [3.05, 3.63) is 36.5 Å². The van der Waals surface area contributed by atoms with Gasteiger partial charge in [-0.05, 0) is 31.9 Å². The van der Waals surface area contributed by atoms with Gasteiger partial charge in [0.25, 0.3) is 0 Å². The van der Waals surface area contributed by atoms with Gasteiger partial charge in [0.15, 0.2) is 5.82 Å². The Hall–Kier alpha value is -2.17. The first-order chi connectivity index (χ1) is 10.4. The van der Waals surface area contributed by atoms with E-state index in [0.29, 0.717) is 12.0 Å². The van der Waals surface area contributed by atoms with E-state index in [1.165, 1.54) is 25.7 Å². The van der Waals surface area contributed by atoms with Gasteiger partial charge in [0, 0.05) is 18.3 Å². The van der Waals surface area contributed by atoms with Crippen LogP contribution >= 0.6 is 0 Å². The summed E-state index contributed by atoms with van der Waals surface area (Å²) in [5.74, 6) is 1.47. The third-order valence-corrected chi connectivity index (χ3v) is 3.90. The van der Waals surface area contributed by atoms with Gasteiger partial charge in [-0.3, -0.25) is 0 Å². The number of para-hydroxylation sites is 1. The largest absolute Gasteiger partial charge is 0.350 e. The minimum atomic E-state index is 0.494. The fraction of sp³-hybridized carbons (Fsp3) is 0.438. The van der Waals surface area contributed by atoms with Crippen molar-refractivity contribution in [2.75, 3.05) is 16.8 Å². The van der Waals surface area contributed by atoms with Crippen molar-refractivity contribution in [3.8, 4) is 0 Å². The Labute approximate surface area is 125 Å². The van der Waals surface area contributed by atoms with E-state index in [-0.39, 0.29) is 0 Å². The molecule has 1 aromatic heterocycles. The number of hydrogen-bond donors (Lipinski definition) is 1. The van der Waals surface area contributed by atoms with Gasteiger partial charge in [-0.15, -0.1) is 5.10 Å². The first-order valence-electron chi connectivity index (χ1n) is 7.65. The van der Waals surface area contributed by atoms with Crippen LogP contribution in [0.25, 0.3) is 0 Å². The highest BCUT2D eigenvalue weighted by Crippen LogP contribution is 2.24. The van der Waals surface area contributed by atoms with Crippen LogP contribution in [0.15, 0.2) is 36.5 Å². The van der Waals surface area contributed by atoms with E-state index < -0.39 is 0 Å². The molecule has 21 heavy (non-hydrogen) atoms. The lowest BCUT2D eigenvalue weighted by atomic mass is 10.2. The van der Waals surface area contributed by atoms with Gasteiger partial charge in [0.1, 0.15) is 0 Å². The van der Waals surface area contributed by atoms with E-state index in [9.17, 15) is 0 Å². The minimum absolute atomic E-state index is 0.494. The molecule has 0 radical (unpaired) electrons. The van der Waals surface area contributed by atoms with Crippen LogP contribution in [0.5, 0.6) is 0 Å². The molecule has 1 N–H and O–H groups in total. The Morgan fingerprint density at radius 1 is 1.19 bits per heavy atom. The van der Waals surface area contributed by atoms with Gasteiger partial charge in [-0.25, -0.2) is 0 Å². The number of benzene rings is 1. The Bertz CT molecular complexity index is 566. The number of nitrogens with zero attached hydrogens (tertiary/aromatic N) is 4. The van der Waals surface area contributed by atoms with Crippen molar-refractivity contribution in [3.63, 3.8) is 0 Å². The van der Waals surface area contributed by atoms with E-state index in [2.05, 4.69) is 44.5 Å². The van der Waals surface area contributed by atoms with E-state index >= 15 is 0 Å². The van der Waals surface area contributed by atoms with E-state index in [0.717, 1.165) is 18.1 Å². The summed E-state index contributed by atoms with van der Waals surface area (Å²) in [7, 11) is 0. The molecule has 2 aromatic rings. The number of rotatable bonds is 5. The van der Waals surface area contributed by atoms with Crippen LogP contribution in [0, 0.1) is 0 Å².